The van der Waals surface area contributed by atoms with Crippen molar-refractivity contribution in [3.05, 3.63) is 71.8 Å². The van der Waals surface area contributed by atoms with Crippen LogP contribution in [0.5, 0.6) is 0 Å². The van der Waals surface area contributed by atoms with Crippen LogP contribution in [0.2, 0.25) is 0 Å². The summed E-state index contributed by atoms with van der Waals surface area (Å²) in [5.74, 6) is 0.101. The van der Waals surface area contributed by atoms with Crippen LogP contribution in [0.1, 0.15) is 11.1 Å². The first-order chi connectivity index (χ1) is 10.6. The van der Waals surface area contributed by atoms with Crippen molar-refractivity contribution in [3.63, 3.8) is 0 Å². The Morgan fingerprint density at radius 2 is 1.68 bits per heavy atom. The van der Waals surface area contributed by atoms with Crippen molar-refractivity contribution in [2.45, 2.75) is 6.92 Å². The Hall–Kier alpha value is -2.88. The number of hydrazone groups is 1. The molecule has 0 N–H and O–H groups in total. The van der Waals surface area contributed by atoms with Crippen molar-refractivity contribution in [2.75, 3.05) is 12.1 Å². The second kappa shape index (κ2) is 5.85. The van der Waals surface area contributed by atoms with E-state index in [1.54, 1.807) is 18.1 Å². The van der Waals surface area contributed by atoms with Crippen LogP contribution >= 0.6 is 0 Å². The number of hydrogen-bond acceptors (Lipinski definition) is 4. The molecule has 1 aliphatic heterocycles. The van der Waals surface area contributed by atoms with Crippen LogP contribution in [0.25, 0.3) is 5.76 Å². The molecule has 0 atom stereocenters. The molecule has 0 saturated heterocycles. The first-order valence-corrected chi connectivity index (χ1v) is 7.02. The molecule has 0 aliphatic carbocycles. The molecule has 2 aromatic rings. The number of nitrogens with zero attached hydrogens (tertiary/aromatic N) is 2. The summed E-state index contributed by atoms with van der Waals surface area (Å²) in [6.07, 6.45) is 1.67. The molecule has 2 aromatic carbocycles. The molecular formula is C18H16N2O2. The SMILES string of the molecule is Cc1ccc(C2=C/C(=N\N(C)c3ccccc3)C(=O)O2)cc1. The number of carbonyl (C=O) groups is 1. The number of aryl methyl sites for hydroxylation is 1. The molecule has 0 spiro atoms. The lowest BCUT2D eigenvalue weighted by Crippen LogP contribution is -2.16. The molecule has 0 saturated carbocycles. The molecule has 1 heterocycles. The lowest BCUT2D eigenvalue weighted by Gasteiger charge is -2.12. The lowest BCUT2D eigenvalue weighted by molar-refractivity contribution is -0.128. The molecule has 110 valence electrons. The van der Waals surface area contributed by atoms with E-state index in [1.807, 2.05) is 61.5 Å². The number of hydrogen-bond donors (Lipinski definition) is 0. The third-order valence-electron chi connectivity index (χ3n) is 3.40. The summed E-state index contributed by atoms with van der Waals surface area (Å²) in [4.78, 5) is 12.0. The number of ether oxygens (including phenoxy) is 1. The Balaban J connectivity index is 1.86. The van der Waals surface area contributed by atoms with Crippen molar-refractivity contribution in [1.82, 2.24) is 0 Å². The van der Waals surface area contributed by atoms with Gasteiger partial charge in [-0.05, 0) is 19.1 Å². The number of rotatable bonds is 3. The van der Waals surface area contributed by atoms with Gasteiger partial charge in [0.2, 0.25) is 0 Å². The molecular weight excluding hydrogens is 276 g/mol. The average Bonchev–Trinajstić information content (AvgIpc) is 2.90. The van der Waals surface area contributed by atoms with Gasteiger partial charge in [-0.15, -0.1) is 0 Å². The Kier molecular flexibility index (Phi) is 3.74. The highest BCUT2D eigenvalue weighted by atomic mass is 16.5. The highest BCUT2D eigenvalue weighted by Crippen LogP contribution is 2.23. The second-order valence-corrected chi connectivity index (χ2v) is 5.11. The van der Waals surface area contributed by atoms with E-state index in [9.17, 15) is 4.79 Å². The van der Waals surface area contributed by atoms with Crippen LogP contribution in [0, 0.1) is 6.92 Å². The maximum Gasteiger partial charge on any atom is 0.364 e. The third-order valence-corrected chi connectivity index (χ3v) is 3.40. The van der Waals surface area contributed by atoms with Crippen LogP contribution < -0.4 is 5.01 Å². The first-order valence-electron chi connectivity index (χ1n) is 7.02. The summed E-state index contributed by atoms with van der Waals surface area (Å²) >= 11 is 0. The van der Waals surface area contributed by atoms with Crippen molar-refractivity contribution in [2.24, 2.45) is 5.10 Å². The van der Waals surface area contributed by atoms with Crippen LogP contribution in [0.15, 0.2) is 65.8 Å². The minimum Gasteiger partial charge on any atom is -0.421 e. The highest BCUT2D eigenvalue weighted by Gasteiger charge is 2.24. The zero-order valence-corrected chi connectivity index (χ0v) is 12.5. The summed E-state index contributed by atoms with van der Waals surface area (Å²) in [6.45, 7) is 2.01. The fourth-order valence-electron chi connectivity index (χ4n) is 2.16. The normalized spacial score (nSPS) is 15.6. The van der Waals surface area contributed by atoms with Gasteiger partial charge in [-0.2, -0.15) is 5.10 Å². The summed E-state index contributed by atoms with van der Waals surface area (Å²) in [5, 5.41) is 5.98. The van der Waals surface area contributed by atoms with E-state index < -0.39 is 5.97 Å². The molecule has 0 bridgehead atoms. The fourth-order valence-corrected chi connectivity index (χ4v) is 2.16. The number of carbonyl (C=O) groups excluding carboxylic acids is 1. The third kappa shape index (κ3) is 2.91. The van der Waals surface area contributed by atoms with E-state index in [1.165, 1.54) is 0 Å². The summed E-state index contributed by atoms with van der Waals surface area (Å²) in [5.41, 5.74) is 3.22. The largest absolute Gasteiger partial charge is 0.421 e. The van der Waals surface area contributed by atoms with Crippen LogP contribution in [0.3, 0.4) is 0 Å². The van der Waals surface area contributed by atoms with Crippen molar-refractivity contribution >= 4 is 23.1 Å². The molecule has 4 heteroatoms. The standard InChI is InChI=1S/C18H16N2O2/c1-13-8-10-14(11-9-13)17-12-16(18(21)22-17)19-20(2)15-6-4-3-5-7-15/h3-12H,1-2H3/b19-16+. The first kappa shape index (κ1) is 14.1. The maximum absolute atomic E-state index is 12.0. The number of para-hydroxylation sites is 1. The minimum atomic E-state index is -0.432. The minimum absolute atomic E-state index is 0.293. The van der Waals surface area contributed by atoms with E-state index in [0.717, 1.165) is 16.8 Å². The monoisotopic (exact) mass is 292 g/mol. The van der Waals surface area contributed by atoms with Gasteiger partial charge in [-0.3, -0.25) is 5.01 Å². The molecule has 0 amide bonds. The number of anilines is 1. The second-order valence-electron chi connectivity index (χ2n) is 5.11. The molecule has 0 radical (unpaired) electrons. The van der Waals surface area contributed by atoms with E-state index in [4.69, 9.17) is 4.74 Å². The lowest BCUT2D eigenvalue weighted by atomic mass is 10.1. The molecule has 0 fully saturated rings. The van der Waals surface area contributed by atoms with Gasteiger partial charge in [0.15, 0.2) is 5.71 Å². The predicted molar refractivity (Wildman–Crippen MR) is 87.5 cm³/mol. The summed E-state index contributed by atoms with van der Waals surface area (Å²) in [7, 11) is 1.80. The molecule has 22 heavy (non-hydrogen) atoms. The number of benzene rings is 2. The topological polar surface area (TPSA) is 41.9 Å². The Labute approximate surface area is 129 Å². The molecule has 3 rings (SSSR count). The van der Waals surface area contributed by atoms with Gasteiger partial charge in [-0.25, -0.2) is 4.79 Å². The fraction of sp³-hybridized carbons (Fsp3) is 0.111. The van der Waals surface area contributed by atoms with Gasteiger partial charge >= 0.3 is 5.97 Å². The Morgan fingerprint density at radius 3 is 2.36 bits per heavy atom. The van der Waals surface area contributed by atoms with Crippen LogP contribution in [0.4, 0.5) is 5.69 Å². The van der Waals surface area contributed by atoms with Crippen LogP contribution in [-0.2, 0) is 9.53 Å². The molecule has 0 unspecified atom stereocenters. The van der Waals surface area contributed by atoms with Gasteiger partial charge in [0.1, 0.15) is 5.76 Å². The molecule has 0 aromatic heterocycles. The van der Waals surface area contributed by atoms with Crippen LogP contribution in [-0.4, -0.2) is 18.7 Å². The molecule has 4 nitrogen and oxygen atoms in total. The predicted octanol–water partition coefficient (Wildman–Crippen LogP) is 3.39. The molecule has 1 aliphatic rings. The van der Waals surface area contributed by atoms with E-state index in [0.29, 0.717) is 11.5 Å². The van der Waals surface area contributed by atoms with Gasteiger partial charge in [0.25, 0.3) is 0 Å². The average molecular weight is 292 g/mol. The summed E-state index contributed by atoms with van der Waals surface area (Å²) in [6, 6.07) is 17.5. The van der Waals surface area contributed by atoms with E-state index in [-0.39, 0.29) is 0 Å². The summed E-state index contributed by atoms with van der Waals surface area (Å²) < 4.78 is 5.30. The smallest absolute Gasteiger partial charge is 0.364 e. The quantitative estimate of drug-likeness (QED) is 0.643. The van der Waals surface area contributed by atoms with Gasteiger partial charge < -0.3 is 4.74 Å². The van der Waals surface area contributed by atoms with Crippen molar-refractivity contribution in [3.8, 4) is 0 Å². The highest BCUT2D eigenvalue weighted by molar-refractivity contribution is 6.45. The van der Waals surface area contributed by atoms with Gasteiger partial charge in [0, 0.05) is 18.7 Å². The van der Waals surface area contributed by atoms with E-state index in [2.05, 4.69) is 5.10 Å². The Morgan fingerprint density at radius 1 is 1.00 bits per heavy atom. The van der Waals surface area contributed by atoms with Crippen molar-refractivity contribution in [1.29, 1.82) is 0 Å². The van der Waals surface area contributed by atoms with Crippen molar-refractivity contribution < 1.29 is 9.53 Å². The maximum atomic E-state index is 12.0. The Bertz CT molecular complexity index is 746. The number of cyclic esters (lactones) is 1. The number of esters is 1. The zero-order chi connectivity index (χ0) is 15.5. The van der Waals surface area contributed by atoms with E-state index >= 15 is 0 Å². The van der Waals surface area contributed by atoms with Gasteiger partial charge in [0.05, 0.1) is 5.69 Å². The zero-order valence-electron chi connectivity index (χ0n) is 12.5. The van der Waals surface area contributed by atoms with Gasteiger partial charge in [-0.1, -0.05) is 48.0 Å².